The van der Waals surface area contributed by atoms with Crippen LogP contribution in [0.15, 0.2) is 17.0 Å². The molecule has 0 spiro atoms. The Morgan fingerprint density at radius 3 is 2.26 bits per heavy atom. The number of aryl methyl sites for hydroxylation is 3. The molecule has 1 aliphatic heterocycles. The van der Waals surface area contributed by atoms with Crippen LogP contribution in [0.1, 0.15) is 43.4 Å². The highest BCUT2D eigenvalue weighted by atomic mass is 32.2. The molecule has 7 nitrogen and oxygen atoms in total. The molecule has 1 heterocycles. The number of nitrogens with zero attached hydrogens (tertiary/aromatic N) is 1. The molecule has 27 heavy (non-hydrogen) atoms. The molecule has 0 bridgehead atoms. The minimum Gasteiger partial charge on any atom is -0.481 e. The van der Waals surface area contributed by atoms with Crippen LogP contribution >= 0.6 is 0 Å². The summed E-state index contributed by atoms with van der Waals surface area (Å²) >= 11 is 0. The topological polar surface area (TPSA) is 104 Å². The van der Waals surface area contributed by atoms with Crippen molar-refractivity contribution in [3.63, 3.8) is 0 Å². The van der Waals surface area contributed by atoms with E-state index in [1.165, 1.54) is 11.2 Å². The van der Waals surface area contributed by atoms with Gasteiger partial charge in [-0.3, -0.25) is 9.59 Å². The lowest BCUT2D eigenvalue weighted by atomic mass is 10.0. The molecule has 1 saturated heterocycles. The molecule has 1 amide bonds. The minimum absolute atomic E-state index is 0.250. The van der Waals surface area contributed by atoms with Gasteiger partial charge in [-0.1, -0.05) is 17.7 Å². The van der Waals surface area contributed by atoms with Crippen LogP contribution < -0.4 is 5.32 Å². The first-order valence-electron chi connectivity index (χ1n) is 9.09. The molecule has 0 aromatic heterocycles. The molecule has 1 aromatic carbocycles. The van der Waals surface area contributed by atoms with Crippen molar-refractivity contribution in [1.29, 1.82) is 0 Å². The first-order valence-corrected chi connectivity index (χ1v) is 10.5. The maximum atomic E-state index is 13.3. The van der Waals surface area contributed by atoms with Gasteiger partial charge in [-0.25, -0.2) is 8.42 Å². The van der Waals surface area contributed by atoms with Crippen molar-refractivity contribution >= 4 is 21.9 Å². The summed E-state index contributed by atoms with van der Waals surface area (Å²) in [5.74, 6) is -2.22. The fraction of sp³-hybridized carbons (Fsp3) is 0.579. The van der Waals surface area contributed by atoms with Crippen LogP contribution in [0.5, 0.6) is 0 Å². The summed E-state index contributed by atoms with van der Waals surface area (Å²) in [6.45, 7) is 8.82. The molecular formula is C19H28N2O5S. The lowest BCUT2D eigenvalue weighted by molar-refractivity contribution is -0.142. The third-order valence-electron chi connectivity index (χ3n) is 5.19. The van der Waals surface area contributed by atoms with Crippen LogP contribution in [0.4, 0.5) is 0 Å². The van der Waals surface area contributed by atoms with Crippen molar-refractivity contribution in [2.24, 2.45) is 5.92 Å². The van der Waals surface area contributed by atoms with Crippen molar-refractivity contribution in [2.45, 2.75) is 64.4 Å². The first-order chi connectivity index (χ1) is 12.5. The van der Waals surface area contributed by atoms with Gasteiger partial charge < -0.3 is 10.4 Å². The molecule has 3 atom stereocenters. The number of hydrogen-bond donors (Lipinski definition) is 2. The Morgan fingerprint density at radius 1 is 1.19 bits per heavy atom. The summed E-state index contributed by atoms with van der Waals surface area (Å²) in [6.07, 6.45) is 1.01. The number of sulfonamides is 1. The average Bonchev–Trinajstić information content (AvgIpc) is 3.03. The molecule has 150 valence electrons. The third kappa shape index (κ3) is 4.32. The Morgan fingerprint density at radius 2 is 1.74 bits per heavy atom. The van der Waals surface area contributed by atoms with Gasteiger partial charge in [-0.15, -0.1) is 0 Å². The Hall–Kier alpha value is -1.93. The van der Waals surface area contributed by atoms with Crippen molar-refractivity contribution in [1.82, 2.24) is 9.62 Å². The maximum absolute atomic E-state index is 13.3. The second-order valence-electron chi connectivity index (χ2n) is 7.43. The van der Waals surface area contributed by atoms with E-state index in [0.717, 1.165) is 5.56 Å². The molecule has 0 aliphatic carbocycles. The summed E-state index contributed by atoms with van der Waals surface area (Å²) in [6, 6.07) is 2.23. The van der Waals surface area contributed by atoms with Gasteiger partial charge in [0.2, 0.25) is 15.9 Å². The van der Waals surface area contributed by atoms with Crippen LogP contribution in [-0.2, 0) is 19.6 Å². The van der Waals surface area contributed by atoms with E-state index in [1.54, 1.807) is 20.8 Å². The van der Waals surface area contributed by atoms with E-state index in [0.29, 0.717) is 24.0 Å². The molecule has 1 fully saturated rings. The minimum atomic E-state index is -3.83. The Labute approximate surface area is 160 Å². The van der Waals surface area contributed by atoms with E-state index in [-0.39, 0.29) is 11.4 Å². The maximum Gasteiger partial charge on any atom is 0.308 e. The molecule has 1 aromatic rings. The first kappa shape index (κ1) is 21.4. The predicted octanol–water partition coefficient (Wildman–Crippen LogP) is 1.99. The number of hydrogen-bond acceptors (Lipinski definition) is 4. The molecule has 3 unspecified atom stereocenters. The molecule has 1 aliphatic rings. The van der Waals surface area contributed by atoms with Crippen LogP contribution in [0.2, 0.25) is 0 Å². The van der Waals surface area contributed by atoms with E-state index < -0.39 is 39.9 Å². The number of aliphatic carboxylic acids is 1. The molecular weight excluding hydrogens is 368 g/mol. The fourth-order valence-corrected chi connectivity index (χ4v) is 5.71. The number of carboxylic acid groups (broad SMARTS) is 1. The van der Waals surface area contributed by atoms with E-state index in [2.05, 4.69) is 5.32 Å². The quantitative estimate of drug-likeness (QED) is 0.765. The van der Waals surface area contributed by atoms with Gasteiger partial charge in [0.1, 0.15) is 6.04 Å². The highest BCUT2D eigenvalue weighted by molar-refractivity contribution is 7.89. The molecule has 8 heteroatoms. The number of nitrogens with one attached hydrogen (secondary N) is 1. The smallest absolute Gasteiger partial charge is 0.308 e. The zero-order valence-electron chi connectivity index (χ0n) is 16.4. The Balaban J connectivity index is 2.30. The van der Waals surface area contributed by atoms with Crippen LogP contribution in [0.25, 0.3) is 0 Å². The summed E-state index contributed by atoms with van der Waals surface area (Å²) in [5, 5.41) is 11.8. The summed E-state index contributed by atoms with van der Waals surface area (Å²) < 4.78 is 27.8. The average molecular weight is 397 g/mol. The second kappa shape index (κ2) is 7.98. The Bertz CT molecular complexity index is 827. The lowest BCUT2D eigenvalue weighted by Crippen LogP contribution is -2.50. The van der Waals surface area contributed by atoms with E-state index >= 15 is 0 Å². The summed E-state index contributed by atoms with van der Waals surface area (Å²) in [4.78, 5) is 24.0. The summed E-state index contributed by atoms with van der Waals surface area (Å²) in [5.41, 5.74) is 2.30. The number of rotatable bonds is 6. The van der Waals surface area contributed by atoms with Gasteiger partial charge in [0.15, 0.2) is 0 Å². The van der Waals surface area contributed by atoms with Gasteiger partial charge in [-0.05, 0) is 58.6 Å². The molecule has 2 rings (SSSR count). The number of carbonyl (C=O) groups excluding carboxylic acids is 1. The van der Waals surface area contributed by atoms with Crippen molar-refractivity contribution in [3.05, 3.63) is 28.8 Å². The van der Waals surface area contributed by atoms with Crippen LogP contribution in [-0.4, -0.2) is 48.3 Å². The van der Waals surface area contributed by atoms with Gasteiger partial charge in [0.05, 0.1) is 10.8 Å². The highest BCUT2D eigenvalue weighted by Crippen LogP contribution is 2.30. The van der Waals surface area contributed by atoms with Crippen LogP contribution in [0, 0.1) is 26.7 Å². The predicted molar refractivity (Wildman–Crippen MR) is 102 cm³/mol. The number of carbonyl (C=O) groups is 2. The van der Waals surface area contributed by atoms with E-state index in [4.69, 9.17) is 5.11 Å². The number of amides is 1. The Kier molecular flexibility index (Phi) is 6.32. The SMILES string of the molecule is Cc1cc(C)c(S(=O)(=O)N2CCCC2C(=O)NC(C)C(C)C(=O)O)c(C)c1. The largest absolute Gasteiger partial charge is 0.481 e. The number of benzene rings is 1. The van der Waals surface area contributed by atoms with Gasteiger partial charge in [0, 0.05) is 12.6 Å². The number of carboxylic acids is 1. The summed E-state index contributed by atoms with van der Waals surface area (Å²) in [7, 11) is -3.83. The van der Waals surface area contributed by atoms with Gasteiger partial charge >= 0.3 is 5.97 Å². The van der Waals surface area contributed by atoms with Gasteiger partial charge in [-0.2, -0.15) is 4.31 Å². The van der Waals surface area contributed by atoms with E-state index in [1.807, 2.05) is 19.1 Å². The van der Waals surface area contributed by atoms with E-state index in [9.17, 15) is 18.0 Å². The molecule has 0 saturated carbocycles. The van der Waals surface area contributed by atoms with Crippen LogP contribution in [0.3, 0.4) is 0 Å². The van der Waals surface area contributed by atoms with Crippen molar-refractivity contribution in [2.75, 3.05) is 6.54 Å². The van der Waals surface area contributed by atoms with Gasteiger partial charge in [0.25, 0.3) is 0 Å². The standard InChI is InChI=1S/C19H28N2O5S/c1-11-9-12(2)17(13(3)10-11)27(25,26)21-8-6-7-16(21)18(22)20-15(5)14(4)19(23)24/h9-10,14-16H,6-8H2,1-5H3,(H,20,22)(H,23,24). The lowest BCUT2D eigenvalue weighted by Gasteiger charge is -2.27. The fourth-order valence-electron chi connectivity index (χ4n) is 3.64. The second-order valence-corrected chi connectivity index (χ2v) is 9.25. The third-order valence-corrected chi connectivity index (χ3v) is 7.40. The highest BCUT2D eigenvalue weighted by Gasteiger charge is 2.41. The normalized spacial score (nSPS) is 20.3. The monoisotopic (exact) mass is 396 g/mol. The zero-order chi connectivity index (χ0) is 20.5. The molecule has 0 radical (unpaired) electrons. The molecule has 2 N–H and O–H groups in total. The zero-order valence-corrected chi connectivity index (χ0v) is 17.3. The van der Waals surface area contributed by atoms with Crippen molar-refractivity contribution < 1.29 is 23.1 Å². The van der Waals surface area contributed by atoms with Crippen molar-refractivity contribution in [3.8, 4) is 0 Å².